The van der Waals surface area contributed by atoms with Gasteiger partial charge in [-0.05, 0) is 48.9 Å². The Hall–Kier alpha value is -2.49. The monoisotopic (exact) mass is 270 g/mol. The van der Waals surface area contributed by atoms with Gasteiger partial charge in [0, 0.05) is 17.8 Å². The lowest BCUT2D eigenvalue weighted by molar-refractivity contribution is 0.0951. The summed E-state index contributed by atoms with van der Waals surface area (Å²) in [6, 6.07) is 14.5. The van der Waals surface area contributed by atoms with E-state index in [2.05, 4.69) is 5.32 Å². The Morgan fingerprint density at radius 1 is 1.10 bits per heavy atom. The molecule has 0 aromatic heterocycles. The van der Waals surface area contributed by atoms with Crippen molar-refractivity contribution in [2.45, 2.75) is 13.5 Å². The topological polar surface area (TPSA) is 64.3 Å². The summed E-state index contributed by atoms with van der Waals surface area (Å²) in [5.41, 5.74) is 7.95. The van der Waals surface area contributed by atoms with E-state index in [0.717, 1.165) is 11.3 Å². The van der Waals surface area contributed by atoms with Crippen molar-refractivity contribution in [3.05, 3.63) is 59.7 Å². The van der Waals surface area contributed by atoms with E-state index in [9.17, 15) is 4.79 Å². The molecular weight excluding hydrogens is 252 g/mol. The standard InChI is InChI=1S/C16H18N2O2/c1-2-20-15-9-5-13(6-10-15)16(19)18-11-12-3-7-14(17)8-4-12/h3-10H,2,11,17H2,1H3,(H,18,19). The van der Waals surface area contributed by atoms with Gasteiger partial charge >= 0.3 is 0 Å². The molecule has 4 nitrogen and oxygen atoms in total. The van der Waals surface area contributed by atoms with Crippen LogP contribution in [0.4, 0.5) is 5.69 Å². The Labute approximate surface area is 118 Å². The molecule has 20 heavy (non-hydrogen) atoms. The maximum absolute atomic E-state index is 12.0. The first kappa shape index (κ1) is 13.9. The summed E-state index contributed by atoms with van der Waals surface area (Å²) in [4.78, 5) is 12.0. The van der Waals surface area contributed by atoms with Crippen LogP contribution in [0.1, 0.15) is 22.8 Å². The molecule has 1 amide bonds. The largest absolute Gasteiger partial charge is 0.494 e. The second-order valence-corrected chi connectivity index (χ2v) is 4.38. The summed E-state index contributed by atoms with van der Waals surface area (Å²) in [6.07, 6.45) is 0. The normalized spacial score (nSPS) is 10.1. The van der Waals surface area contributed by atoms with Gasteiger partial charge in [0.05, 0.1) is 6.61 Å². The number of anilines is 1. The van der Waals surface area contributed by atoms with Gasteiger partial charge in [-0.2, -0.15) is 0 Å². The first-order valence-corrected chi connectivity index (χ1v) is 6.54. The molecule has 0 saturated carbocycles. The van der Waals surface area contributed by atoms with E-state index in [0.29, 0.717) is 24.4 Å². The van der Waals surface area contributed by atoms with Crippen molar-refractivity contribution in [3.63, 3.8) is 0 Å². The van der Waals surface area contributed by atoms with E-state index in [-0.39, 0.29) is 5.91 Å². The first-order chi connectivity index (χ1) is 9.69. The summed E-state index contributed by atoms with van der Waals surface area (Å²) in [5, 5.41) is 2.87. The Bertz CT molecular complexity index is 562. The Morgan fingerprint density at radius 2 is 1.75 bits per heavy atom. The van der Waals surface area contributed by atoms with Gasteiger partial charge in [-0.3, -0.25) is 4.79 Å². The molecule has 3 N–H and O–H groups in total. The molecule has 2 aromatic rings. The highest BCUT2D eigenvalue weighted by Gasteiger charge is 2.05. The minimum absolute atomic E-state index is 0.107. The van der Waals surface area contributed by atoms with E-state index < -0.39 is 0 Å². The third-order valence-electron chi connectivity index (χ3n) is 2.86. The first-order valence-electron chi connectivity index (χ1n) is 6.54. The molecule has 2 aromatic carbocycles. The highest BCUT2D eigenvalue weighted by atomic mass is 16.5. The predicted octanol–water partition coefficient (Wildman–Crippen LogP) is 2.60. The molecular formula is C16H18N2O2. The third kappa shape index (κ3) is 3.75. The van der Waals surface area contributed by atoms with Gasteiger partial charge in [-0.1, -0.05) is 12.1 Å². The summed E-state index contributed by atoms with van der Waals surface area (Å²) >= 11 is 0. The number of ether oxygens (including phenoxy) is 1. The van der Waals surface area contributed by atoms with Crippen LogP contribution in [0.5, 0.6) is 5.75 Å². The highest BCUT2D eigenvalue weighted by Crippen LogP contribution is 2.12. The van der Waals surface area contributed by atoms with Crippen LogP contribution in [-0.2, 0) is 6.54 Å². The van der Waals surface area contributed by atoms with Crippen molar-refractivity contribution in [1.29, 1.82) is 0 Å². The number of nitrogens with one attached hydrogen (secondary N) is 1. The van der Waals surface area contributed by atoms with Gasteiger partial charge in [0.15, 0.2) is 0 Å². The van der Waals surface area contributed by atoms with Crippen molar-refractivity contribution < 1.29 is 9.53 Å². The zero-order valence-electron chi connectivity index (χ0n) is 11.4. The van der Waals surface area contributed by atoms with Crippen molar-refractivity contribution in [2.75, 3.05) is 12.3 Å². The van der Waals surface area contributed by atoms with E-state index >= 15 is 0 Å². The second kappa shape index (κ2) is 6.61. The number of rotatable bonds is 5. The smallest absolute Gasteiger partial charge is 0.251 e. The lowest BCUT2D eigenvalue weighted by Gasteiger charge is -2.07. The van der Waals surface area contributed by atoms with Crippen LogP contribution in [-0.4, -0.2) is 12.5 Å². The molecule has 0 aliphatic rings. The van der Waals surface area contributed by atoms with Gasteiger partial charge in [0.25, 0.3) is 5.91 Å². The molecule has 0 aliphatic carbocycles. The summed E-state index contributed by atoms with van der Waals surface area (Å²) < 4.78 is 5.34. The number of benzene rings is 2. The van der Waals surface area contributed by atoms with E-state index in [1.807, 2.05) is 31.2 Å². The lowest BCUT2D eigenvalue weighted by Crippen LogP contribution is -2.22. The van der Waals surface area contributed by atoms with Crippen molar-refractivity contribution in [3.8, 4) is 5.75 Å². The van der Waals surface area contributed by atoms with Gasteiger partial charge in [-0.15, -0.1) is 0 Å². The van der Waals surface area contributed by atoms with E-state index in [4.69, 9.17) is 10.5 Å². The Kier molecular flexibility index (Phi) is 4.60. The van der Waals surface area contributed by atoms with Crippen LogP contribution in [0.2, 0.25) is 0 Å². The summed E-state index contributed by atoms with van der Waals surface area (Å²) in [6.45, 7) is 3.02. The van der Waals surface area contributed by atoms with Gasteiger partial charge in [0.2, 0.25) is 0 Å². The van der Waals surface area contributed by atoms with E-state index in [1.54, 1.807) is 24.3 Å². The predicted molar refractivity (Wildman–Crippen MR) is 79.6 cm³/mol. The number of hydrogen-bond donors (Lipinski definition) is 2. The van der Waals surface area contributed by atoms with Crippen LogP contribution >= 0.6 is 0 Å². The molecule has 0 radical (unpaired) electrons. The van der Waals surface area contributed by atoms with Crippen LogP contribution in [0, 0.1) is 0 Å². The molecule has 0 aliphatic heterocycles. The number of carbonyl (C=O) groups excluding carboxylic acids is 1. The maximum atomic E-state index is 12.0. The van der Waals surface area contributed by atoms with Gasteiger partial charge in [-0.25, -0.2) is 0 Å². The molecule has 0 fully saturated rings. The fourth-order valence-corrected chi connectivity index (χ4v) is 1.79. The number of hydrogen-bond acceptors (Lipinski definition) is 3. The molecule has 0 unspecified atom stereocenters. The molecule has 0 bridgehead atoms. The highest BCUT2D eigenvalue weighted by molar-refractivity contribution is 5.94. The van der Waals surface area contributed by atoms with Crippen LogP contribution in [0.25, 0.3) is 0 Å². The average Bonchev–Trinajstić information content (AvgIpc) is 2.47. The van der Waals surface area contributed by atoms with Crippen molar-refractivity contribution >= 4 is 11.6 Å². The van der Waals surface area contributed by atoms with Gasteiger partial charge < -0.3 is 15.8 Å². The minimum atomic E-state index is -0.107. The van der Waals surface area contributed by atoms with Crippen molar-refractivity contribution in [1.82, 2.24) is 5.32 Å². The SMILES string of the molecule is CCOc1ccc(C(=O)NCc2ccc(N)cc2)cc1. The number of amides is 1. The fourth-order valence-electron chi connectivity index (χ4n) is 1.79. The van der Waals surface area contributed by atoms with Crippen LogP contribution in [0.15, 0.2) is 48.5 Å². The molecule has 0 heterocycles. The summed E-state index contributed by atoms with van der Waals surface area (Å²) in [5.74, 6) is 0.660. The quantitative estimate of drug-likeness (QED) is 0.821. The fraction of sp³-hybridized carbons (Fsp3) is 0.188. The zero-order valence-corrected chi connectivity index (χ0v) is 11.4. The Balaban J connectivity index is 1.92. The number of nitrogen functional groups attached to an aromatic ring is 1. The van der Waals surface area contributed by atoms with Crippen molar-refractivity contribution in [2.24, 2.45) is 0 Å². The summed E-state index contributed by atoms with van der Waals surface area (Å²) in [7, 11) is 0. The maximum Gasteiger partial charge on any atom is 0.251 e. The molecule has 104 valence electrons. The molecule has 0 spiro atoms. The number of carbonyl (C=O) groups is 1. The molecule has 0 saturated heterocycles. The second-order valence-electron chi connectivity index (χ2n) is 4.38. The third-order valence-corrected chi connectivity index (χ3v) is 2.86. The Morgan fingerprint density at radius 3 is 2.35 bits per heavy atom. The van der Waals surface area contributed by atoms with Crippen LogP contribution in [0.3, 0.4) is 0 Å². The molecule has 4 heteroatoms. The number of nitrogens with two attached hydrogens (primary N) is 1. The lowest BCUT2D eigenvalue weighted by atomic mass is 10.2. The van der Waals surface area contributed by atoms with Gasteiger partial charge in [0.1, 0.15) is 5.75 Å². The van der Waals surface area contributed by atoms with E-state index in [1.165, 1.54) is 0 Å². The minimum Gasteiger partial charge on any atom is -0.494 e. The molecule has 0 atom stereocenters. The molecule has 2 rings (SSSR count). The average molecular weight is 270 g/mol. The zero-order chi connectivity index (χ0) is 14.4. The van der Waals surface area contributed by atoms with Crippen LogP contribution < -0.4 is 15.8 Å².